The molecule has 2 aliphatic rings. The first-order chi connectivity index (χ1) is 15.2. The standard InChI is InChI=1S/C26H32ClN3O2/c1-26(2,3)32-25(31)30(16-18-6-4-7-19(27)14-18)13-12-17-10-11-21-20-8-5-9-22(20)24(28)29-23(21)15-17/h4,6-7,10-11,14-15,20,22H,5,8-9,12-13,16H2,1-3H3,(H2,28,29). The lowest BCUT2D eigenvalue weighted by Gasteiger charge is -2.28. The molecule has 1 aliphatic carbocycles. The van der Waals surface area contributed by atoms with Crippen molar-refractivity contribution in [3.05, 3.63) is 64.2 Å². The van der Waals surface area contributed by atoms with Gasteiger partial charge in [0.25, 0.3) is 0 Å². The smallest absolute Gasteiger partial charge is 0.410 e. The number of carbonyl (C=O) groups excluding carboxylic acids is 1. The number of carbonyl (C=O) groups is 1. The van der Waals surface area contributed by atoms with Gasteiger partial charge in [0.05, 0.1) is 5.69 Å². The number of amides is 1. The minimum absolute atomic E-state index is 0.327. The largest absolute Gasteiger partial charge is 0.444 e. The number of nitrogens with two attached hydrogens (primary N) is 1. The number of nitrogens with zero attached hydrogens (tertiary/aromatic N) is 2. The number of halogens is 1. The van der Waals surface area contributed by atoms with E-state index < -0.39 is 5.60 Å². The third-order valence-electron chi connectivity index (χ3n) is 6.22. The summed E-state index contributed by atoms with van der Waals surface area (Å²) in [7, 11) is 0. The highest BCUT2D eigenvalue weighted by molar-refractivity contribution is 6.30. The number of fused-ring (bicyclic) bond motifs is 3. The molecule has 2 aromatic rings. The normalized spacial score (nSPS) is 19.7. The second-order valence-corrected chi connectivity index (χ2v) is 10.3. The van der Waals surface area contributed by atoms with Gasteiger partial charge in [-0.1, -0.05) is 42.3 Å². The first kappa shape index (κ1) is 22.7. The van der Waals surface area contributed by atoms with Crippen LogP contribution in [0.1, 0.15) is 62.6 Å². The lowest BCUT2D eigenvalue weighted by atomic mass is 9.84. The van der Waals surface area contributed by atoms with E-state index in [1.807, 2.05) is 45.0 Å². The average Bonchev–Trinajstić information content (AvgIpc) is 3.20. The van der Waals surface area contributed by atoms with Gasteiger partial charge < -0.3 is 15.4 Å². The predicted octanol–water partition coefficient (Wildman–Crippen LogP) is 6.21. The van der Waals surface area contributed by atoms with Crippen LogP contribution in [0.4, 0.5) is 10.5 Å². The molecule has 1 fully saturated rings. The van der Waals surface area contributed by atoms with E-state index in [0.29, 0.717) is 36.4 Å². The molecule has 0 bridgehead atoms. The van der Waals surface area contributed by atoms with E-state index >= 15 is 0 Å². The van der Waals surface area contributed by atoms with E-state index in [0.717, 1.165) is 29.1 Å². The quantitative estimate of drug-likeness (QED) is 0.585. The molecule has 0 aromatic heterocycles. The number of hydrogen-bond donors (Lipinski definition) is 1. The Bertz CT molecular complexity index is 1030. The van der Waals surface area contributed by atoms with E-state index in [9.17, 15) is 4.79 Å². The van der Waals surface area contributed by atoms with Crippen LogP contribution in [-0.2, 0) is 17.7 Å². The monoisotopic (exact) mass is 453 g/mol. The lowest BCUT2D eigenvalue weighted by Crippen LogP contribution is -2.37. The third-order valence-corrected chi connectivity index (χ3v) is 6.46. The molecule has 1 amide bonds. The highest BCUT2D eigenvalue weighted by Crippen LogP contribution is 2.46. The number of ether oxygens (including phenoxy) is 1. The first-order valence-electron chi connectivity index (χ1n) is 11.4. The SMILES string of the molecule is CC(C)(C)OC(=O)N(CCc1ccc2c(c1)N=C(N)C1CCCC21)Cc1cccc(Cl)c1. The molecule has 170 valence electrons. The molecule has 2 aromatic carbocycles. The Morgan fingerprint density at radius 1 is 1.16 bits per heavy atom. The molecular weight excluding hydrogens is 422 g/mol. The Balaban J connectivity index is 1.50. The number of amidine groups is 1. The molecule has 2 N–H and O–H groups in total. The molecule has 2 unspecified atom stereocenters. The maximum atomic E-state index is 12.9. The molecule has 4 rings (SSSR count). The van der Waals surface area contributed by atoms with E-state index in [1.54, 1.807) is 4.90 Å². The topological polar surface area (TPSA) is 67.9 Å². The van der Waals surface area contributed by atoms with Crippen LogP contribution in [0.25, 0.3) is 0 Å². The molecular formula is C26H32ClN3O2. The van der Waals surface area contributed by atoms with Crippen LogP contribution in [-0.4, -0.2) is 29.0 Å². The van der Waals surface area contributed by atoms with Gasteiger partial charge in [0.1, 0.15) is 11.4 Å². The highest BCUT2D eigenvalue weighted by Gasteiger charge is 2.35. The van der Waals surface area contributed by atoms with E-state index in [-0.39, 0.29) is 6.09 Å². The van der Waals surface area contributed by atoms with Crippen LogP contribution in [0.3, 0.4) is 0 Å². The van der Waals surface area contributed by atoms with Gasteiger partial charge in [-0.15, -0.1) is 0 Å². The van der Waals surface area contributed by atoms with Crippen LogP contribution < -0.4 is 5.73 Å². The van der Waals surface area contributed by atoms with Crippen molar-refractivity contribution in [2.24, 2.45) is 16.6 Å². The van der Waals surface area contributed by atoms with Crippen molar-refractivity contribution < 1.29 is 9.53 Å². The summed E-state index contributed by atoms with van der Waals surface area (Å²) in [6.45, 7) is 6.61. The maximum absolute atomic E-state index is 12.9. The van der Waals surface area contributed by atoms with E-state index in [2.05, 4.69) is 18.2 Å². The second-order valence-electron chi connectivity index (χ2n) is 9.86. The zero-order chi connectivity index (χ0) is 22.9. The van der Waals surface area contributed by atoms with Gasteiger partial charge in [-0.2, -0.15) is 0 Å². The van der Waals surface area contributed by atoms with Crippen molar-refractivity contribution in [3.8, 4) is 0 Å². The minimum Gasteiger partial charge on any atom is -0.444 e. The van der Waals surface area contributed by atoms with Crippen molar-refractivity contribution in [3.63, 3.8) is 0 Å². The average molecular weight is 454 g/mol. The summed E-state index contributed by atoms with van der Waals surface area (Å²) in [5.74, 6) is 1.67. The van der Waals surface area contributed by atoms with E-state index in [1.165, 1.54) is 18.4 Å². The number of benzene rings is 2. The highest BCUT2D eigenvalue weighted by atomic mass is 35.5. The van der Waals surface area contributed by atoms with Crippen molar-refractivity contribution in [1.29, 1.82) is 0 Å². The molecule has 5 nitrogen and oxygen atoms in total. The van der Waals surface area contributed by atoms with Crippen molar-refractivity contribution in [2.75, 3.05) is 6.54 Å². The zero-order valence-electron chi connectivity index (χ0n) is 19.1. The Morgan fingerprint density at radius 2 is 1.94 bits per heavy atom. The van der Waals surface area contributed by atoms with E-state index in [4.69, 9.17) is 27.1 Å². The summed E-state index contributed by atoms with van der Waals surface area (Å²) in [6.07, 6.45) is 3.90. The molecule has 1 heterocycles. The molecule has 1 aliphatic heterocycles. The second kappa shape index (κ2) is 9.14. The summed E-state index contributed by atoms with van der Waals surface area (Å²) in [6, 6.07) is 14.1. The third kappa shape index (κ3) is 5.26. The Morgan fingerprint density at radius 3 is 2.69 bits per heavy atom. The minimum atomic E-state index is -0.556. The van der Waals surface area contributed by atoms with Gasteiger partial charge in [0.15, 0.2) is 0 Å². The summed E-state index contributed by atoms with van der Waals surface area (Å²) >= 11 is 6.15. The van der Waals surface area contributed by atoms with Crippen molar-refractivity contribution >= 4 is 29.2 Å². The van der Waals surface area contributed by atoms with Crippen molar-refractivity contribution in [1.82, 2.24) is 4.90 Å². The summed E-state index contributed by atoms with van der Waals surface area (Å²) < 4.78 is 5.66. The van der Waals surface area contributed by atoms with Gasteiger partial charge >= 0.3 is 6.09 Å². The van der Waals surface area contributed by atoms with Gasteiger partial charge in [0.2, 0.25) is 0 Å². The summed E-state index contributed by atoms with van der Waals surface area (Å²) in [4.78, 5) is 19.4. The van der Waals surface area contributed by atoms with Crippen LogP contribution in [0.2, 0.25) is 5.02 Å². The van der Waals surface area contributed by atoms with Gasteiger partial charge in [-0.05, 0) is 80.8 Å². The molecule has 0 saturated heterocycles. The number of aliphatic imine (C=N–C) groups is 1. The summed E-state index contributed by atoms with van der Waals surface area (Å²) in [5, 5.41) is 0.655. The number of hydrogen-bond acceptors (Lipinski definition) is 4. The zero-order valence-corrected chi connectivity index (χ0v) is 19.9. The molecule has 1 saturated carbocycles. The lowest BCUT2D eigenvalue weighted by molar-refractivity contribution is 0.0236. The van der Waals surface area contributed by atoms with Crippen LogP contribution in [0, 0.1) is 5.92 Å². The van der Waals surface area contributed by atoms with Crippen molar-refractivity contribution in [2.45, 2.75) is 64.5 Å². The van der Waals surface area contributed by atoms with Gasteiger partial charge in [-0.3, -0.25) is 0 Å². The summed E-state index contributed by atoms with van der Waals surface area (Å²) in [5.41, 5.74) is 10.1. The number of rotatable bonds is 5. The predicted molar refractivity (Wildman–Crippen MR) is 130 cm³/mol. The van der Waals surface area contributed by atoms with Crippen LogP contribution in [0.15, 0.2) is 47.5 Å². The molecule has 32 heavy (non-hydrogen) atoms. The van der Waals surface area contributed by atoms with Crippen LogP contribution in [0.5, 0.6) is 0 Å². The molecule has 2 atom stereocenters. The Kier molecular flexibility index (Phi) is 6.47. The molecule has 6 heteroatoms. The van der Waals surface area contributed by atoms with Crippen LogP contribution >= 0.6 is 11.6 Å². The van der Waals surface area contributed by atoms with Gasteiger partial charge in [0, 0.05) is 24.0 Å². The molecule has 0 spiro atoms. The Labute approximate surface area is 195 Å². The van der Waals surface area contributed by atoms with Gasteiger partial charge in [-0.25, -0.2) is 9.79 Å². The fourth-order valence-electron chi connectivity index (χ4n) is 4.74. The maximum Gasteiger partial charge on any atom is 0.410 e. The fraction of sp³-hybridized carbons (Fsp3) is 0.462. The fourth-order valence-corrected chi connectivity index (χ4v) is 4.96. The first-order valence-corrected chi connectivity index (χ1v) is 11.8. The Hall–Kier alpha value is -2.53. The molecule has 0 radical (unpaired) electrons.